The zero-order valence-corrected chi connectivity index (χ0v) is 19.2. The lowest BCUT2D eigenvalue weighted by atomic mass is 10.0. The highest BCUT2D eigenvalue weighted by Gasteiger charge is 2.20. The summed E-state index contributed by atoms with van der Waals surface area (Å²) in [6.07, 6.45) is 2.77. The van der Waals surface area contributed by atoms with Gasteiger partial charge in [0.25, 0.3) is 5.91 Å². The van der Waals surface area contributed by atoms with Crippen molar-refractivity contribution in [1.82, 2.24) is 25.2 Å². The zero-order valence-electron chi connectivity index (χ0n) is 19.2. The molecule has 0 saturated carbocycles. The first-order valence-electron chi connectivity index (χ1n) is 11.3. The molecule has 0 spiro atoms. The highest BCUT2D eigenvalue weighted by molar-refractivity contribution is 5.97. The minimum absolute atomic E-state index is 0.102. The average molecular weight is 458 g/mol. The molecule has 4 aromatic rings. The fourth-order valence-corrected chi connectivity index (χ4v) is 4.47. The Kier molecular flexibility index (Phi) is 5.90. The number of aromatic amines is 1. The summed E-state index contributed by atoms with van der Waals surface area (Å²) in [7, 11) is 3.68. The summed E-state index contributed by atoms with van der Waals surface area (Å²) in [6, 6.07) is 14.4. The molecule has 1 fully saturated rings. The Labute approximate surface area is 197 Å². The number of phenols is 1. The van der Waals surface area contributed by atoms with Gasteiger partial charge in [-0.1, -0.05) is 6.07 Å². The summed E-state index contributed by atoms with van der Waals surface area (Å²) in [5, 5.41) is 13.6. The molecule has 1 aliphatic rings. The van der Waals surface area contributed by atoms with Crippen LogP contribution in [0.3, 0.4) is 0 Å². The fraction of sp³-hybridized carbons (Fsp3) is 0.269. The van der Waals surface area contributed by atoms with Crippen LogP contribution in [0.15, 0.2) is 54.7 Å². The number of pyridine rings is 1. The summed E-state index contributed by atoms with van der Waals surface area (Å²) < 4.78 is 5.38. The molecule has 2 aromatic carbocycles. The molecule has 3 N–H and O–H groups in total. The molecular formula is C26H27N5O3. The lowest BCUT2D eigenvalue weighted by Crippen LogP contribution is -2.30. The van der Waals surface area contributed by atoms with E-state index in [2.05, 4.69) is 32.2 Å². The van der Waals surface area contributed by atoms with E-state index in [1.807, 2.05) is 30.3 Å². The third-order valence-corrected chi connectivity index (χ3v) is 6.31. The maximum atomic E-state index is 12.7. The Morgan fingerprint density at radius 2 is 2.12 bits per heavy atom. The van der Waals surface area contributed by atoms with Crippen LogP contribution in [-0.2, 0) is 0 Å². The van der Waals surface area contributed by atoms with E-state index in [-0.39, 0.29) is 11.7 Å². The van der Waals surface area contributed by atoms with Crippen LogP contribution in [0.5, 0.6) is 11.6 Å². The van der Waals surface area contributed by atoms with Crippen molar-refractivity contribution in [3.05, 3.63) is 60.3 Å². The Bertz CT molecular complexity index is 1350. The van der Waals surface area contributed by atoms with Crippen molar-refractivity contribution in [2.45, 2.75) is 6.42 Å². The van der Waals surface area contributed by atoms with E-state index in [1.54, 1.807) is 31.5 Å². The number of ether oxygens (including phenoxy) is 1. The molecule has 0 bridgehead atoms. The molecule has 1 saturated heterocycles. The van der Waals surface area contributed by atoms with Gasteiger partial charge in [-0.3, -0.25) is 4.79 Å². The molecule has 1 unspecified atom stereocenters. The molecule has 1 atom stereocenters. The van der Waals surface area contributed by atoms with Gasteiger partial charge in [-0.25, -0.2) is 9.97 Å². The highest BCUT2D eigenvalue weighted by Crippen LogP contribution is 2.35. The van der Waals surface area contributed by atoms with Crippen molar-refractivity contribution >= 4 is 16.9 Å². The topological polar surface area (TPSA) is 103 Å². The van der Waals surface area contributed by atoms with Gasteiger partial charge in [0.05, 0.1) is 23.7 Å². The van der Waals surface area contributed by atoms with Crippen molar-refractivity contribution in [3.8, 4) is 34.1 Å². The predicted molar refractivity (Wildman–Crippen MR) is 131 cm³/mol. The number of nitrogens with one attached hydrogen (secondary N) is 2. The van der Waals surface area contributed by atoms with Gasteiger partial charge in [-0.15, -0.1) is 0 Å². The Morgan fingerprint density at radius 1 is 1.24 bits per heavy atom. The molecule has 3 heterocycles. The SMILES string of the molecule is COc1ncccc1-c1ccc(O)c(-c2nc3cc(C(=O)NCC4CCN(C)C4)ccc3[nH]2)c1. The van der Waals surface area contributed by atoms with Crippen LogP contribution >= 0.6 is 0 Å². The minimum Gasteiger partial charge on any atom is -0.507 e. The second-order valence-corrected chi connectivity index (χ2v) is 8.74. The number of imidazole rings is 1. The first-order valence-corrected chi connectivity index (χ1v) is 11.3. The Morgan fingerprint density at radius 3 is 2.91 bits per heavy atom. The third-order valence-electron chi connectivity index (χ3n) is 6.31. The normalized spacial score (nSPS) is 16.1. The number of carbonyl (C=O) groups is 1. The first-order chi connectivity index (χ1) is 16.5. The lowest BCUT2D eigenvalue weighted by molar-refractivity contribution is 0.0947. The molecule has 8 heteroatoms. The van der Waals surface area contributed by atoms with Crippen LogP contribution in [0.1, 0.15) is 16.8 Å². The van der Waals surface area contributed by atoms with Crippen LogP contribution < -0.4 is 10.1 Å². The second kappa shape index (κ2) is 9.15. The number of nitrogens with zero attached hydrogens (tertiary/aromatic N) is 3. The minimum atomic E-state index is -0.102. The van der Waals surface area contributed by atoms with E-state index >= 15 is 0 Å². The summed E-state index contributed by atoms with van der Waals surface area (Å²) in [4.78, 5) is 27.1. The van der Waals surface area contributed by atoms with Gasteiger partial charge in [-0.05, 0) is 74.0 Å². The molecule has 1 aliphatic heterocycles. The molecule has 0 radical (unpaired) electrons. The van der Waals surface area contributed by atoms with Crippen LogP contribution in [-0.4, -0.2) is 64.7 Å². The number of fused-ring (bicyclic) bond motifs is 1. The van der Waals surface area contributed by atoms with Crippen LogP contribution in [0.25, 0.3) is 33.5 Å². The number of aromatic nitrogens is 3. The van der Waals surface area contributed by atoms with E-state index in [9.17, 15) is 9.90 Å². The maximum Gasteiger partial charge on any atom is 0.251 e. The van der Waals surface area contributed by atoms with Gasteiger partial charge >= 0.3 is 0 Å². The number of carbonyl (C=O) groups excluding carboxylic acids is 1. The van der Waals surface area contributed by atoms with Gasteiger partial charge < -0.3 is 25.0 Å². The van der Waals surface area contributed by atoms with Gasteiger partial charge in [0.2, 0.25) is 5.88 Å². The van der Waals surface area contributed by atoms with Gasteiger partial charge in [0.1, 0.15) is 11.6 Å². The van der Waals surface area contributed by atoms with Crippen molar-refractivity contribution < 1.29 is 14.6 Å². The molecule has 2 aromatic heterocycles. The predicted octanol–water partition coefficient (Wildman–Crippen LogP) is 3.69. The monoisotopic (exact) mass is 457 g/mol. The first kappa shape index (κ1) is 21.9. The highest BCUT2D eigenvalue weighted by atomic mass is 16.5. The molecule has 5 rings (SSSR count). The standard InChI is InChI=1S/C26H27N5O3/c1-31-11-9-16(15-31)14-28-25(33)18-5-7-21-22(13-18)30-24(29-21)20-12-17(6-8-23(20)32)19-4-3-10-27-26(19)34-2/h3-8,10,12-13,16,32H,9,11,14-15H2,1-2H3,(H,28,33)(H,29,30). The number of hydrogen-bond acceptors (Lipinski definition) is 6. The molecule has 8 nitrogen and oxygen atoms in total. The number of likely N-dealkylation sites (tertiary alicyclic amines) is 1. The maximum absolute atomic E-state index is 12.7. The van der Waals surface area contributed by atoms with E-state index in [4.69, 9.17) is 4.74 Å². The number of amides is 1. The number of benzene rings is 2. The van der Waals surface area contributed by atoms with E-state index in [0.717, 1.165) is 36.2 Å². The molecule has 34 heavy (non-hydrogen) atoms. The van der Waals surface area contributed by atoms with Crippen molar-refractivity contribution in [3.63, 3.8) is 0 Å². The Hall–Kier alpha value is -3.91. The number of methoxy groups -OCH3 is 1. The zero-order chi connectivity index (χ0) is 23.7. The molecule has 0 aliphatic carbocycles. The van der Waals surface area contributed by atoms with Crippen molar-refractivity contribution in [1.29, 1.82) is 0 Å². The van der Waals surface area contributed by atoms with Gasteiger partial charge in [0, 0.05) is 30.4 Å². The smallest absolute Gasteiger partial charge is 0.251 e. The van der Waals surface area contributed by atoms with Gasteiger partial charge in [-0.2, -0.15) is 0 Å². The molecular weight excluding hydrogens is 430 g/mol. The summed E-state index contributed by atoms with van der Waals surface area (Å²) in [5.41, 5.74) is 4.22. The summed E-state index contributed by atoms with van der Waals surface area (Å²) in [6.45, 7) is 2.76. The lowest BCUT2D eigenvalue weighted by Gasteiger charge is -2.11. The van der Waals surface area contributed by atoms with Crippen molar-refractivity contribution in [2.75, 3.05) is 33.8 Å². The second-order valence-electron chi connectivity index (χ2n) is 8.74. The number of phenolic OH excluding ortho intramolecular Hbond substituents is 1. The molecule has 174 valence electrons. The van der Waals surface area contributed by atoms with Crippen molar-refractivity contribution in [2.24, 2.45) is 5.92 Å². The van der Waals surface area contributed by atoms with E-state index in [1.165, 1.54) is 0 Å². The summed E-state index contributed by atoms with van der Waals surface area (Å²) >= 11 is 0. The largest absolute Gasteiger partial charge is 0.507 e. The van der Waals surface area contributed by atoms with E-state index in [0.29, 0.717) is 40.8 Å². The van der Waals surface area contributed by atoms with E-state index < -0.39 is 0 Å². The number of hydrogen-bond donors (Lipinski definition) is 3. The quantitative estimate of drug-likeness (QED) is 0.408. The number of aromatic hydroxyl groups is 1. The van der Waals surface area contributed by atoms with Crippen LogP contribution in [0.4, 0.5) is 0 Å². The Balaban J connectivity index is 1.41. The van der Waals surface area contributed by atoms with Gasteiger partial charge in [0.15, 0.2) is 0 Å². The third kappa shape index (κ3) is 4.32. The molecule has 1 amide bonds. The average Bonchev–Trinajstić information content (AvgIpc) is 3.48. The fourth-order valence-electron chi connectivity index (χ4n) is 4.47. The van der Waals surface area contributed by atoms with Crippen LogP contribution in [0.2, 0.25) is 0 Å². The summed E-state index contributed by atoms with van der Waals surface area (Å²) in [5.74, 6) is 1.51. The number of H-pyrrole nitrogens is 1. The number of rotatable bonds is 6. The van der Waals surface area contributed by atoms with Crippen LogP contribution in [0, 0.1) is 5.92 Å².